The fourth-order valence-electron chi connectivity index (χ4n) is 3.14. The van der Waals surface area contributed by atoms with Crippen molar-refractivity contribution in [2.45, 2.75) is 13.1 Å². The molecule has 22 heavy (non-hydrogen) atoms. The summed E-state index contributed by atoms with van der Waals surface area (Å²) < 4.78 is 5.31. The van der Waals surface area contributed by atoms with E-state index in [-0.39, 0.29) is 0 Å². The second-order valence-electron chi connectivity index (χ2n) is 6.03. The van der Waals surface area contributed by atoms with Crippen molar-refractivity contribution in [3.63, 3.8) is 0 Å². The van der Waals surface area contributed by atoms with E-state index in [1.807, 2.05) is 18.3 Å². The van der Waals surface area contributed by atoms with E-state index in [2.05, 4.69) is 35.3 Å². The molecule has 4 nitrogen and oxygen atoms in total. The summed E-state index contributed by atoms with van der Waals surface area (Å²) in [5.41, 5.74) is 2.57. The summed E-state index contributed by atoms with van der Waals surface area (Å²) in [4.78, 5) is 7.75. The molecular formula is C18H25N3O+2. The average Bonchev–Trinajstić information content (AvgIpc) is 2.58. The van der Waals surface area contributed by atoms with Gasteiger partial charge >= 0.3 is 0 Å². The van der Waals surface area contributed by atoms with E-state index in [9.17, 15) is 0 Å². The van der Waals surface area contributed by atoms with Crippen LogP contribution in [0.2, 0.25) is 0 Å². The molecule has 1 aromatic carbocycles. The van der Waals surface area contributed by atoms with Gasteiger partial charge in [-0.2, -0.15) is 0 Å². The highest BCUT2D eigenvalue weighted by molar-refractivity contribution is 5.27. The minimum absolute atomic E-state index is 0.955. The summed E-state index contributed by atoms with van der Waals surface area (Å²) in [6, 6.07) is 14.6. The van der Waals surface area contributed by atoms with Gasteiger partial charge in [0.05, 0.1) is 12.8 Å². The van der Waals surface area contributed by atoms with Gasteiger partial charge in [-0.05, 0) is 24.3 Å². The zero-order valence-electron chi connectivity index (χ0n) is 13.2. The third kappa shape index (κ3) is 4.06. The first-order valence-electron chi connectivity index (χ1n) is 8.03. The third-order valence-electron chi connectivity index (χ3n) is 4.41. The lowest BCUT2D eigenvalue weighted by molar-refractivity contribution is -1.02. The maximum Gasteiger partial charge on any atom is 0.127 e. The van der Waals surface area contributed by atoms with Crippen LogP contribution in [0, 0.1) is 0 Å². The Morgan fingerprint density at radius 2 is 1.73 bits per heavy atom. The molecule has 4 heteroatoms. The molecule has 0 amide bonds. The van der Waals surface area contributed by atoms with E-state index in [1.165, 1.54) is 37.4 Å². The van der Waals surface area contributed by atoms with E-state index in [4.69, 9.17) is 4.74 Å². The molecule has 2 N–H and O–H groups in total. The number of aromatic nitrogens is 1. The van der Waals surface area contributed by atoms with Crippen LogP contribution < -0.4 is 14.5 Å². The number of quaternary nitrogens is 2. The van der Waals surface area contributed by atoms with Crippen LogP contribution in [0.5, 0.6) is 5.75 Å². The van der Waals surface area contributed by atoms with Gasteiger partial charge in [-0.3, -0.25) is 4.98 Å². The number of ether oxygens (including phenoxy) is 1. The number of hydrogen-bond donors (Lipinski definition) is 2. The van der Waals surface area contributed by atoms with E-state index < -0.39 is 0 Å². The van der Waals surface area contributed by atoms with Crippen molar-refractivity contribution >= 4 is 0 Å². The lowest BCUT2D eigenvalue weighted by Gasteiger charge is -2.29. The zero-order valence-corrected chi connectivity index (χ0v) is 13.2. The molecular weight excluding hydrogens is 274 g/mol. The molecule has 1 aliphatic heterocycles. The van der Waals surface area contributed by atoms with Crippen LogP contribution in [-0.2, 0) is 13.1 Å². The molecule has 2 aromatic rings. The Bertz CT molecular complexity index is 580. The van der Waals surface area contributed by atoms with Gasteiger partial charge in [-0.15, -0.1) is 0 Å². The molecule has 0 atom stereocenters. The van der Waals surface area contributed by atoms with Gasteiger partial charge < -0.3 is 14.5 Å². The first kappa shape index (κ1) is 15.0. The number of pyridine rings is 1. The normalized spacial score (nSPS) is 21.5. The number of piperazine rings is 1. The van der Waals surface area contributed by atoms with Crippen molar-refractivity contribution in [2.24, 2.45) is 0 Å². The van der Waals surface area contributed by atoms with Gasteiger partial charge in [-0.1, -0.05) is 18.2 Å². The number of nitrogens with one attached hydrogen (secondary N) is 2. The van der Waals surface area contributed by atoms with Gasteiger partial charge in [0.25, 0.3) is 0 Å². The van der Waals surface area contributed by atoms with Gasteiger partial charge in [-0.25, -0.2) is 0 Å². The molecule has 1 fully saturated rings. The molecule has 0 saturated carbocycles. The van der Waals surface area contributed by atoms with Crippen molar-refractivity contribution in [1.29, 1.82) is 0 Å². The molecule has 3 rings (SSSR count). The molecule has 0 bridgehead atoms. The molecule has 116 valence electrons. The van der Waals surface area contributed by atoms with Crippen LogP contribution in [0.4, 0.5) is 0 Å². The molecule has 1 saturated heterocycles. The average molecular weight is 299 g/mol. The van der Waals surface area contributed by atoms with Crippen LogP contribution in [0.15, 0.2) is 48.7 Å². The SMILES string of the molecule is COc1cccc(C[NH+]2CC[NH+](Cc3ccccn3)CC2)c1. The molecule has 0 unspecified atom stereocenters. The van der Waals surface area contributed by atoms with Crippen molar-refractivity contribution in [2.75, 3.05) is 33.3 Å². The number of benzene rings is 1. The molecule has 1 aromatic heterocycles. The van der Waals surface area contributed by atoms with Crippen LogP contribution in [-0.4, -0.2) is 38.3 Å². The van der Waals surface area contributed by atoms with Crippen molar-refractivity contribution in [3.05, 3.63) is 59.9 Å². The van der Waals surface area contributed by atoms with Gasteiger partial charge in [0.1, 0.15) is 45.0 Å². The Morgan fingerprint density at radius 3 is 2.41 bits per heavy atom. The molecule has 2 heterocycles. The Labute approximate surface area is 132 Å². The number of hydrogen-bond acceptors (Lipinski definition) is 2. The van der Waals surface area contributed by atoms with E-state index in [0.29, 0.717) is 0 Å². The minimum Gasteiger partial charge on any atom is -0.497 e. The molecule has 0 radical (unpaired) electrons. The fraction of sp³-hybridized carbons (Fsp3) is 0.389. The van der Waals surface area contributed by atoms with Crippen molar-refractivity contribution < 1.29 is 14.5 Å². The number of nitrogens with zero attached hydrogens (tertiary/aromatic N) is 1. The lowest BCUT2D eigenvalue weighted by Crippen LogP contribution is -3.27. The van der Waals surface area contributed by atoms with Crippen LogP contribution in [0.1, 0.15) is 11.3 Å². The second kappa shape index (κ2) is 7.38. The largest absolute Gasteiger partial charge is 0.497 e. The van der Waals surface area contributed by atoms with E-state index in [0.717, 1.165) is 18.8 Å². The van der Waals surface area contributed by atoms with Crippen LogP contribution >= 0.6 is 0 Å². The summed E-state index contributed by atoms with van der Waals surface area (Å²) in [5.74, 6) is 0.955. The maximum absolute atomic E-state index is 5.31. The van der Waals surface area contributed by atoms with Gasteiger partial charge in [0.2, 0.25) is 0 Å². The first-order valence-corrected chi connectivity index (χ1v) is 8.03. The third-order valence-corrected chi connectivity index (χ3v) is 4.41. The Morgan fingerprint density at radius 1 is 0.955 bits per heavy atom. The zero-order chi connectivity index (χ0) is 15.2. The standard InChI is InChI=1S/C18H23N3O/c1-22-18-7-4-5-16(13-18)14-20-9-11-21(12-10-20)15-17-6-2-3-8-19-17/h2-8,13H,9-12,14-15H2,1H3/p+2. The first-order chi connectivity index (χ1) is 10.8. The number of methoxy groups -OCH3 is 1. The van der Waals surface area contributed by atoms with Crippen LogP contribution in [0.3, 0.4) is 0 Å². The van der Waals surface area contributed by atoms with Gasteiger partial charge in [0, 0.05) is 11.8 Å². The lowest BCUT2D eigenvalue weighted by atomic mass is 10.2. The predicted octanol–water partition coefficient (Wildman–Crippen LogP) is -0.426. The summed E-state index contributed by atoms with van der Waals surface area (Å²) in [6.07, 6.45) is 1.89. The van der Waals surface area contributed by atoms with Gasteiger partial charge in [0.15, 0.2) is 0 Å². The van der Waals surface area contributed by atoms with Crippen LogP contribution in [0.25, 0.3) is 0 Å². The highest BCUT2D eigenvalue weighted by atomic mass is 16.5. The summed E-state index contributed by atoms with van der Waals surface area (Å²) in [5, 5.41) is 0. The van der Waals surface area contributed by atoms with E-state index >= 15 is 0 Å². The summed E-state index contributed by atoms with van der Waals surface area (Å²) >= 11 is 0. The quantitative estimate of drug-likeness (QED) is 0.785. The topological polar surface area (TPSA) is 31.0 Å². The Hall–Kier alpha value is -1.91. The Balaban J connectivity index is 1.49. The summed E-state index contributed by atoms with van der Waals surface area (Å²) in [6.45, 7) is 7.02. The highest BCUT2D eigenvalue weighted by Crippen LogP contribution is 2.11. The molecule has 1 aliphatic rings. The second-order valence-corrected chi connectivity index (χ2v) is 6.03. The van der Waals surface area contributed by atoms with Crippen molar-refractivity contribution in [1.82, 2.24) is 4.98 Å². The molecule has 0 spiro atoms. The van der Waals surface area contributed by atoms with E-state index in [1.54, 1.807) is 16.9 Å². The fourth-order valence-corrected chi connectivity index (χ4v) is 3.14. The monoisotopic (exact) mass is 299 g/mol. The number of rotatable bonds is 5. The summed E-state index contributed by atoms with van der Waals surface area (Å²) in [7, 11) is 1.73. The highest BCUT2D eigenvalue weighted by Gasteiger charge is 2.23. The minimum atomic E-state index is 0.955. The Kier molecular flexibility index (Phi) is 5.03. The van der Waals surface area contributed by atoms with Crippen molar-refractivity contribution in [3.8, 4) is 5.75 Å². The molecule has 0 aliphatic carbocycles. The predicted molar refractivity (Wildman–Crippen MR) is 86.0 cm³/mol. The smallest absolute Gasteiger partial charge is 0.127 e. The maximum atomic E-state index is 5.31.